The zero-order valence-corrected chi connectivity index (χ0v) is 15.1. The van der Waals surface area contributed by atoms with E-state index >= 15 is 0 Å². The van der Waals surface area contributed by atoms with Gasteiger partial charge in [-0.2, -0.15) is 5.10 Å². The number of nitrogens with zero attached hydrogens (tertiary/aromatic N) is 2. The molecule has 0 saturated carbocycles. The van der Waals surface area contributed by atoms with Gasteiger partial charge in [-0.15, -0.1) is 0 Å². The van der Waals surface area contributed by atoms with Crippen LogP contribution in [0.3, 0.4) is 0 Å². The van der Waals surface area contributed by atoms with Crippen LogP contribution < -0.4 is 5.32 Å². The molecule has 0 spiro atoms. The van der Waals surface area contributed by atoms with Crippen LogP contribution >= 0.6 is 0 Å². The Morgan fingerprint density at radius 3 is 3.08 bits per heavy atom. The lowest BCUT2D eigenvalue weighted by Crippen LogP contribution is -2.50. The number of nitrogens with one attached hydrogen (secondary N) is 2. The van der Waals surface area contributed by atoms with E-state index in [4.69, 9.17) is 14.0 Å². The Balaban J connectivity index is 1.41. The van der Waals surface area contributed by atoms with Crippen molar-refractivity contribution < 1.29 is 18.8 Å². The van der Waals surface area contributed by atoms with E-state index in [-0.39, 0.29) is 18.1 Å². The van der Waals surface area contributed by atoms with Gasteiger partial charge in [0.1, 0.15) is 5.76 Å². The number of carbonyl (C=O) groups excluding carboxylic acids is 1. The Bertz CT molecular complexity index is 778. The van der Waals surface area contributed by atoms with Crippen molar-refractivity contribution in [1.29, 1.82) is 0 Å². The Morgan fingerprint density at radius 1 is 1.38 bits per heavy atom. The smallest absolute Gasteiger partial charge is 0.272 e. The largest absolute Gasteiger partial charge is 0.379 e. The van der Waals surface area contributed by atoms with Crippen LogP contribution in [0.5, 0.6) is 0 Å². The Labute approximate surface area is 151 Å². The number of amides is 1. The molecular formula is C18H24N4O4. The fourth-order valence-corrected chi connectivity index (χ4v) is 3.69. The van der Waals surface area contributed by atoms with Crippen LogP contribution in [0.2, 0.25) is 0 Å². The van der Waals surface area contributed by atoms with E-state index in [9.17, 15) is 4.79 Å². The molecule has 0 bridgehead atoms. The van der Waals surface area contributed by atoms with Crippen molar-refractivity contribution in [2.24, 2.45) is 0 Å². The van der Waals surface area contributed by atoms with E-state index in [0.717, 1.165) is 54.0 Å². The first-order valence-corrected chi connectivity index (χ1v) is 9.11. The van der Waals surface area contributed by atoms with Gasteiger partial charge < -0.3 is 19.3 Å². The van der Waals surface area contributed by atoms with Crippen molar-refractivity contribution in [2.45, 2.75) is 58.3 Å². The number of hydrogen-bond donors (Lipinski definition) is 2. The molecule has 1 amide bonds. The summed E-state index contributed by atoms with van der Waals surface area (Å²) in [6, 6.07) is -0.203. The average molecular weight is 360 g/mol. The van der Waals surface area contributed by atoms with Gasteiger partial charge in [-0.1, -0.05) is 5.16 Å². The Hall–Kier alpha value is -2.19. The van der Waals surface area contributed by atoms with Crippen molar-refractivity contribution in [2.75, 3.05) is 13.2 Å². The first kappa shape index (κ1) is 17.2. The highest BCUT2D eigenvalue weighted by Crippen LogP contribution is 2.23. The van der Waals surface area contributed by atoms with Crippen LogP contribution in [0.25, 0.3) is 0 Å². The maximum atomic E-state index is 12.7. The second-order valence-corrected chi connectivity index (χ2v) is 6.98. The highest BCUT2D eigenvalue weighted by Gasteiger charge is 2.31. The SMILES string of the molecule is Cc1noc(C)c1CO[C@@H]1CCOC[C@@H]1NC(=O)c1n[nH]c2c1CCC2. The normalized spacial score (nSPS) is 22.4. The zero-order valence-electron chi connectivity index (χ0n) is 15.1. The number of ether oxygens (including phenoxy) is 2. The molecule has 26 heavy (non-hydrogen) atoms. The van der Waals surface area contributed by atoms with E-state index in [2.05, 4.69) is 20.7 Å². The van der Waals surface area contributed by atoms with Crippen LogP contribution in [0.1, 0.15) is 51.6 Å². The van der Waals surface area contributed by atoms with Crippen molar-refractivity contribution in [3.05, 3.63) is 34.0 Å². The molecule has 2 N–H and O–H groups in total. The minimum atomic E-state index is -0.203. The third kappa shape index (κ3) is 3.26. The quantitative estimate of drug-likeness (QED) is 0.840. The molecule has 4 rings (SSSR count). The standard InChI is InChI=1S/C18H24N4O4/c1-10-13(11(2)26-22-10)8-25-16-6-7-24-9-15(16)19-18(23)17-12-4-3-5-14(12)20-21-17/h15-16H,3-9H2,1-2H3,(H,19,23)(H,20,21)/t15-,16+/m0/s1. The molecule has 0 aromatic carbocycles. The number of aryl methyl sites for hydroxylation is 3. The third-order valence-corrected chi connectivity index (χ3v) is 5.25. The molecule has 8 nitrogen and oxygen atoms in total. The van der Waals surface area contributed by atoms with E-state index in [1.165, 1.54) is 0 Å². The maximum Gasteiger partial charge on any atom is 0.272 e. The number of fused-ring (bicyclic) bond motifs is 1. The molecule has 2 aromatic heterocycles. The summed E-state index contributed by atoms with van der Waals surface area (Å²) >= 11 is 0. The van der Waals surface area contributed by atoms with Gasteiger partial charge in [0.15, 0.2) is 5.69 Å². The highest BCUT2D eigenvalue weighted by molar-refractivity contribution is 5.94. The predicted octanol–water partition coefficient (Wildman–Crippen LogP) is 1.61. The summed E-state index contributed by atoms with van der Waals surface area (Å²) in [5.74, 6) is 0.605. The first-order chi connectivity index (χ1) is 12.6. The van der Waals surface area contributed by atoms with E-state index in [1.54, 1.807) is 0 Å². The molecule has 0 radical (unpaired) electrons. The second kappa shape index (κ2) is 7.20. The predicted molar refractivity (Wildman–Crippen MR) is 91.9 cm³/mol. The summed E-state index contributed by atoms with van der Waals surface area (Å²) in [4.78, 5) is 12.7. The van der Waals surface area contributed by atoms with Gasteiger partial charge in [0.05, 0.1) is 31.1 Å². The van der Waals surface area contributed by atoms with Crippen LogP contribution in [0, 0.1) is 13.8 Å². The van der Waals surface area contributed by atoms with Gasteiger partial charge in [-0.25, -0.2) is 0 Å². The number of carbonyl (C=O) groups is 1. The molecule has 1 fully saturated rings. The lowest BCUT2D eigenvalue weighted by Gasteiger charge is -2.32. The molecule has 140 valence electrons. The van der Waals surface area contributed by atoms with Crippen LogP contribution in [0.15, 0.2) is 4.52 Å². The molecule has 8 heteroatoms. The minimum absolute atomic E-state index is 0.117. The molecule has 2 atom stereocenters. The summed E-state index contributed by atoms with van der Waals surface area (Å²) in [5.41, 5.74) is 4.44. The molecule has 3 heterocycles. The maximum absolute atomic E-state index is 12.7. The van der Waals surface area contributed by atoms with Gasteiger partial charge in [-0.3, -0.25) is 9.89 Å². The van der Waals surface area contributed by atoms with Gasteiger partial charge in [0.2, 0.25) is 0 Å². The lowest BCUT2D eigenvalue weighted by atomic mass is 10.1. The number of aromatic nitrogens is 3. The molecule has 1 saturated heterocycles. The summed E-state index contributed by atoms with van der Waals surface area (Å²) in [5, 5.41) is 14.2. The molecule has 2 aromatic rings. The molecule has 2 aliphatic rings. The number of aromatic amines is 1. The zero-order chi connectivity index (χ0) is 18.1. The van der Waals surface area contributed by atoms with Crippen molar-refractivity contribution in [1.82, 2.24) is 20.7 Å². The van der Waals surface area contributed by atoms with E-state index < -0.39 is 0 Å². The first-order valence-electron chi connectivity index (χ1n) is 9.11. The fourth-order valence-electron chi connectivity index (χ4n) is 3.69. The van der Waals surface area contributed by atoms with Crippen LogP contribution in [-0.2, 0) is 28.9 Å². The number of H-pyrrole nitrogens is 1. The van der Waals surface area contributed by atoms with Crippen molar-refractivity contribution in [3.8, 4) is 0 Å². The summed E-state index contributed by atoms with van der Waals surface area (Å²) < 4.78 is 16.8. The Morgan fingerprint density at radius 2 is 2.27 bits per heavy atom. The monoisotopic (exact) mass is 360 g/mol. The van der Waals surface area contributed by atoms with Gasteiger partial charge in [-0.05, 0) is 39.5 Å². The van der Waals surface area contributed by atoms with Crippen molar-refractivity contribution in [3.63, 3.8) is 0 Å². The fraction of sp³-hybridized carbons (Fsp3) is 0.611. The molecular weight excluding hydrogens is 336 g/mol. The average Bonchev–Trinajstić information content (AvgIpc) is 3.31. The molecule has 1 aliphatic carbocycles. The lowest BCUT2D eigenvalue weighted by molar-refractivity contribution is -0.0608. The van der Waals surface area contributed by atoms with Gasteiger partial charge >= 0.3 is 0 Å². The molecule has 1 aliphatic heterocycles. The summed E-state index contributed by atoms with van der Waals surface area (Å²) in [6.07, 6.45) is 3.55. The van der Waals surface area contributed by atoms with E-state index in [1.807, 2.05) is 13.8 Å². The van der Waals surface area contributed by atoms with Crippen LogP contribution in [0.4, 0.5) is 0 Å². The summed E-state index contributed by atoms with van der Waals surface area (Å²) in [7, 11) is 0. The molecule has 0 unspecified atom stereocenters. The third-order valence-electron chi connectivity index (χ3n) is 5.25. The van der Waals surface area contributed by atoms with Gasteiger partial charge in [0, 0.05) is 23.4 Å². The van der Waals surface area contributed by atoms with Gasteiger partial charge in [0.25, 0.3) is 5.91 Å². The highest BCUT2D eigenvalue weighted by atomic mass is 16.5. The second-order valence-electron chi connectivity index (χ2n) is 6.98. The topological polar surface area (TPSA) is 102 Å². The number of hydrogen-bond acceptors (Lipinski definition) is 6. The Kier molecular flexibility index (Phi) is 4.78. The summed E-state index contributed by atoms with van der Waals surface area (Å²) in [6.45, 7) is 5.24. The van der Waals surface area contributed by atoms with Crippen molar-refractivity contribution >= 4 is 5.91 Å². The number of rotatable bonds is 5. The minimum Gasteiger partial charge on any atom is -0.379 e. The van der Waals surface area contributed by atoms with Crippen LogP contribution in [-0.4, -0.2) is 46.6 Å². The van der Waals surface area contributed by atoms with E-state index in [0.29, 0.717) is 25.5 Å².